The van der Waals surface area contributed by atoms with Gasteiger partial charge in [-0.2, -0.15) is 5.10 Å². The highest BCUT2D eigenvalue weighted by molar-refractivity contribution is 6.16. The molecule has 0 radical (unpaired) electrons. The fraction of sp³-hybridized carbons (Fsp3) is 0.357. The standard InChI is InChI=1S/C14H16ClN5/c1-10-7-12-14(16-9-10)20(13(8-15)17-12)6-4-11-3-5-19(2)18-11/h3,5,7,9H,4,6,8H2,1-2H3. The van der Waals surface area contributed by atoms with Crippen molar-refractivity contribution >= 4 is 22.8 Å². The molecule has 20 heavy (non-hydrogen) atoms. The molecule has 0 atom stereocenters. The smallest absolute Gasteiger partial charge is 0.160 e. The zero-order valence-electron chi connectivity index (χ0n) is 11.5. The second kappa shape index (κ2) is 5.25. The van der Waals surface area contributed by atoms with Crippen LogP contribution in [0, 0.1) is 6.92 Å². The molecule has 0 spiro atoms. The van der Waals surface area contributed by atoms with Crippen molar-refractivity contribution in [1.82, 2.24) is 24.3 Å². The van der Waals surface area contributed by atoms with E-state index in [1.54, 1.807) is 0 Å². The second-order valence-corrected chi connectivity index (χ2v) is 5.17. The lowest BCUT2D eigenvalue weighted by Crippen LogP contribution is -2.06. The number of halogens is 1. The number of alkyl halides is 1. The Kier molecular flexibility index (Phi) is 3.44. The van der Waals surface area contributed by atoms with Crippen molar-refractivity contribution in [2.24, 2.45) is 7.05 Å². The molecule has 0 saturated heterocycles. The molecule has 0 aromatic carbocycles. The Morgan fingerprint density at radius 1 is 1.35 bits per heavy atom. The largest absolute Gasteiger partial charge is 0.311 e. The Labute approximate surface area is 122 Å². The van der Waals surface area contributed by atoms with E-state index < -0.39 is 0 Å². The van der Waals surface area contributed by atoms with Gasteiger partial charge in [-0.15, -0.1) is 11.6 Å². The summed E-state index contributed by atoms with van der Waals surface area (Å²) in [6.07, 6.45) is 4.65. The number of rotatable bonds is 4. The van der Waals surface area contributed by atoms with Crippen molar-refractivity contribution < 1.29 is 0 Å². The molecule has 0 amide bonds. The molecule has 3 heterocycles. The van der Waals surface area contributed by atoms with Gasteiger partial charge in [-0.3, -0.25) is 4.68 Å². The van der Waals surface area contributed by atoms with E-state index in [1.807, 2.05) is 43.2 Å². The maximum atomic E-state index is 6.00. The highest BCUT2D eigenvalue weighted by atomic mass is 35.5. The number of imidazole rings is 1. The SMILES string of the molecule is Cc1cnc2c(c1)nc(CCl)n2CCc1ccn(C)n1. The fourth-order valence-electron chi connectivity index (χ4n) is 2.32. The molecule has 0 fully saturated rings. The van der Waals surface area contributed by atoms with Gasteiger partial charge < -0.3 is 4.57 Å². The summed E-state index contributed by atoms with van der Waals surface area (Å²) in [4.78, 5) is 9.04. The van der Waals surface area contributed by atoms with Gasteiger partial charge in [0.25, 0.3) is 0 Å². The molecule has 3 rings (SSSR count). The van der Waals surface area contributed by atoms with Crippen LogP contribution in [0.3, 0.4) is 0 Å². The van der Waals surface area contributed by atoms with Crippen LogP contribution in [0.4, 0.5) is 0 Å². The first kappa shape index (κ1) is 13.1. The Hall–Kier alpha value is -1.88. The summed E-state index contributed by atoms with van der Waals surface area (Å²) >= 11 is 6.00. The van der Waals surface area contributed by atoms with Gasteiger partial charge in [-0.1, -0.05) is 0 Å². The highest BCUT2D eigenvalue weighted by Crippen LogP contribution is 2.17. The molecule has 0 N–H and O–H groups in total. The van der Waals surface area contributed by atoms with Crippen molar-refractivity contribution in [2.45, 2.75) is 25.8 Å². The number of hydrogen-bond donors (Lipinski definition) is 0. The minimum atomic E-state index is 0.387. The van der Waals surface area contributed by atoms with Crippen LogP contribution < -0.4 is 0 Å². The van der Waals surface area contributed by atoms with Gasteiger partial charge in [0.2, 0.25) is 0 Å². The van der Waals surface area contributed by atoms with Crippen molar-refractivity contribution in [3.8, 4) is 0 Å². The summed E-state index contributed by atoms with van der Waals surface area (Å²) in [5.41, 5.74) is 3.96. The first-order valence-electron chi connectivity index (χ1n) is 6.53. The normalized spacial score (nSPS) is 11.3. The van der Waals surface area contributed by atoms with Crippen molar-refractivity contribution in [1.29, 1.82) is 0 Å². The lowest BCUT2D eigenvalue weighted by atomic mass is 10.3. The monoisotopic (exact) mass is 289 g/mol. The molecule has 0 aliphatic rings. The summed E-state index contributed by atoms with van der Waals surface area (Å²) in [5.74, 6) is 1.24. The fourth-order valence-corrected chi connectivity index (χ4v) is 2.52. The molecule has 104 valence electrons. The third-order valence-corrected chi connectivity index (χ3v) is 3.52. The van der Waals surface area contributed by atoms with Gasteiger partial charge in [0.1, 0.15) is 11.3 Å². The molecule has 0 aliphatic heterocycles. The van der Waals surface area contributed by atoms with Crippen LogP contribution >= 0.6 is 11.6 Å². The average molecular weight is 290 g/mol. The van der Waals surface area contributed by atoms with Crippen molar-refractivity contribution in [3.63, 3.8) is 0 Å². The summed E-state index contributed by atoms with van der Waals surface area (Å²) < 4.78 is 3.89. The summed E-state index contributed by atoms with van der Waals surface area (Å²) in [6.45, 7) is 2.80. The number of nitrogens with zero attached hydrogens (tertiary/aromatic N) is 5. The predicted octanol–water partition coefficient (Wildman–Crippen LogP) is 2.45. The zero-order chi connectivity index (χ0) is 14.1. The Morgan fingerprint density at radius 3 is 2.90 bits per heavy atom. The molecule has 6 heteroatoms. The molecule has 0 bridgehead atoms. The lowest BCUT2D eigenvalue weighted by Gasteiger charge is -2.05. The maximum absolute atomic E-state index is 6.00. The van der Waals surface area contributed by atoms with Crippen LogP contribution in [0.2, 0.25) is 0 Å². The highest BCUT2D eigenvalue weighted by Gasteiger charge is 2.11. The minimum absolute atomic E-state index is 0.387. The molecule has 3 aromatic heterocycles. The van der Waals surface area contributed by atoms with E-state index in [1.165, 1.54) is 0 Å². The topological polar surface area (TPSA) is 48.5 Å². The van der Waals surface area contributed by atoms with E-state index in [9.17, 15) is 0 Å². The van der Waals surface area contributed by atoms with Gasteiger partial charge in [0.15, 0.2) is 5.65 Å². The second-order valence-electron chi connectivity index (χ2n) is 4.90. The van der Waals surface area contributed by atoms with E-state index in [2.05, 4.69) is 19.6 Å². The van der Waals surface area contributed by atoms with Crippen molar-refractivity contribution in [2.75, 3.05) is 0 Å². The van der Waals surface area contributed by atoms with Crippen LogP contribution in [-0.2, 0) is 25.9 Å². The van der Waals surface area contributed by atoms with Gasteiger partial charge in [0.05, 0.1) is 11.6 Å². The molecule has 5 nitrogen and oxygen atoms in total. The van der Waals surface area contributed by atoms with Crippen LogP contribution in [0.25, 0.3) is 11.2 Å². The van der Waals surface area contributed by atoms with Gasteiger partial charge in [-0.05, 0) is 24.6 Å². The molecule has 0 saturated carbocycles. The van der Waals surface area contributed by atoms with E-state index in [0.29, 0.717) is 5.88 Å². The zero-order valence-corrected chi connectivity index (χ0v) is 12.3. The Morgan fingerprint density at radius 2 is 2.20 bits per heavy atom. The lowest BCUT2D eigenvalue weighted by molar-refractivity contribution is 0.656. The van der Waals surface area contributed by atoms with Crippen LogP contribution in [0.5, 0.6) is 0 Å². The molecule has 3 aromatic rings. The number of hydrogen-bond acceptors (Lipinski definition) is 3. The van der Waals surface area contributed by atoms with Crippen LogP contribution in [-0.4, -0.2) is 24.3 Å². The third-order valence-electron chi connectivity index (χ3n) is 3.28. The predicted molar refractivity (Wildman–Crippen MR) is 78.7 cm³/mol. The average Bonchev–Trinajstić information content (AvgIpc) is 2.99. The summed E-state index contributed by atoms with van der Waals surface area (Å²) in [5, 5.41) is 4.39. The summed E-state index contributed by atoms with van der Waals surface area (Å²) in [7, 11) is 1.92. The summed E-state index contributed by atoms with van der Waals surface area (Å²) in [6, 6.07) is 4.06. The third kappa shape index (κ3) is 2.41. The van der Waals surface area contributed by atoms with E-state index in [0.717, 1.165) is 41.2 Å². The minimum Gasteiger partial charge on any atom is -0.311 e. The Balaban J connectivity index is 1.93. The number of pyridine rings is 1. The molecule has 0 unspecified atom stereocenters. The van der Waals surface area contributed by atoms with Crippen molar-refractivity contribution in [3.05, 3.63) is 41.6 Å². The van der Waals surface area contributed by atoms with E-state index in [4.69, 9.17) is 11.6 Å². The number of aromatic nitrogens is 5. The molecular formula is C14H16ClN5. The van der Waals surface area contributed by atoms with Gasteiger partial charge in [0, 0.05) is 32.4 Å². The molecule has 0 aliphatic carbocycles. The van der Waals surface area contributed by atoms with E-state index in [-0.39, 0.29) is 0 Å². The maximum Gasteiger partial charge on any atom is 0.160 e. The quantitative estimate of drug-likeness (QED) is 0.693. The first-order chi connectivity index (χ1) is 9.67. The van der Waals surface area contributed by atoms with Gasteiger partial charge >= 0.3 is 0 Å². The van der Waals surface area contributed by atoms with E-state index >= 15 is 0 Å². The molecular weight excluding hydrogens is 274 g/mol. The first-order valence-corrected chi connectivity index (χ1v) is 7.07. The number of fused-ring (bicyclic) bond motifs is 1. The van der Waals surface area contributed by atoms with Crippen LogP contribution in [0.15, 0.2) is 24.5 Å². The van der Waals surface area contributed by atoms with Gasteiger partial charge in [-0.25, -0.2) is 9.97 Å². The Bertz CT molecular complexity index is 743. The van der Waals surface area contributed by atoms with Crippen LogP contribution in [0.1, 0.15) is 17.1 Å². The number of aryl methyl sites for hydroxylation is 4.